The molecule has 44 heavy (non-hydrogen) atoms. The summed E-state index contributed by atoms with van der Waals surface area (Å²) < 4.78 is 5.11. The molecule has 1 spiro atoms. The van der Waals surface area contributed by atoms with Crippen molar-refractivity contribution in [3.05, 3.63) is 87.9 Å². The highest BCUT2D eigenvalue weighted by Gasteiger charge is 2.47. The molecule has 7 rings (SSSR count). The van der Waals surface area contributed by atoms with Gasteiger partial charge in [0.05, 0.1) is 23.2 Å². The van der Waals surface area contributed by atoms with E-state index >= 15 is 0 Å². The van der Waals surface area contributed by atoms with Gasteiger partial charge in [-0.2, -0.15) is 5.10 Å². The number of nitrogen functional groups attached to an aromatic ring is 1. The molecule has 1 aliphatic heterocycles. The molecular formula is C33H35N9O2. The molecule has 2 aliphatic rings. The van der Waals surface area contributed by atoms with Gasteiger partial charge in [0, 0.05) is 42.9 Å². The number of hydrogen-bond donors (Lipinski definition) is 2. The SMILES string of the molecule is C[C@@H](NC(=O)c1c(N)nn2cccnc12)c1cc2cccc(C#Cc3cnn(C)c3)c2c(=O)n1C1CC2(CCN(C)CC2)C1. The van der Waals surface area contributed by atoms with E-state index < -0.39 is 6.04 Å². The fraction of sp³-hybridized carbons (Fsp3) is 0.364. The summed E-state index contributed by atoms with van der Waals surface area (Å²) in [7, 11) is 4.01. The molecule has 0 bridgehead atoms. The largest absolute Gasteiger partial charge is 0.381 e. The Morgan fingerprint density at radius 2 is 1.95 bits per heavy atom. The Morgan fingerprint density at radius 1 is 1.16 bits per heavy atom. The van der Waals surface area contributed by atoms with Crippen LogP contribution in [-0.4, -0.2) is 59.9 Å². The first-order chi connectivity index (χ1) is 21.2. The van der Waals surface area contributed by atoms with Crippen molar-refractivity contribution < 1.29 is 4.79 Å². The van der Waals surface area contributed by atoms with Crippen molar-refractivity contribution in [3.63, 3.8) is 0 Å². The maximum atomic E-state index is 14.5. The molecule has 11 nitrogen and oxygen atoms in total. The van der Waals surface area contributed by atoms with Crippen LogP contribution in [-0.2, 0) is 7.05 Å². The summed E-state index contributed by atoms with van der Waals surface area (Å²) in [6, 6.07) is 9.03. The Bertz CT molecular complexity index is 2030. The number of nitrogens with zero attached hydrogens (tertiary/aromatic N) is 7. The van der Waals surface area contributed by atoms with Gasteiger partial charge in [0.2, 0.25) is 0 Å². The summed E-state index contributed by atoms with van der Waals surface area (Å²) in [4.78, 5) is 34.8. The van der Waals surface area contributed by atoms with Crippen LogP contribution in [0.5, 0.6) is 0 Å². The third kappa shape index (κ3) is 4.81. The molecule has 1 saturated heterocycles. The zero-order valence-corrected chi connectivity index (χ0v) is 25.1. The molecule has 224 valence electrons. The maximum absolute atomic E-state index is 14.5. The van der Waals surface area contributed by atoms with Crippen LogP contribution < -0.4 is 16.6 Å². The van der Waals surface area contributed by atoms with Crippen molar-refractivity contribution in [2.75, 3.05) is 25.9 Å². The third-order valence-corrected chi connectivity index (χ3v) is 9.35. The number of carbonyl (C=O) groups excluding carboxylic acids is 1. The number of benzene rings is 1. The molecule has 11 heteroatoms. The average Bonchev–Trinajstić information content (AvgIpc) is 3.56. The Balaban J connectivity index is 1.29. The van der Waals surface area contributed by atoms with E-state index in [0.717, 1.165) is 55.4 Å². The highest BCUT2D eigenvalue weighted by Crippen LogP contribution is 2.54. The molecule has 0 radical (unpaired) electrons. The van der Waals surface area contributed by atoms with Gasteiger partial charge < -0.3 is 20.5 Å². The van der Waals surface area contributed by atoms with Crippen LogP contribution in [0.1, 0.15) is 71.9 Å². The van der Waals surface area contributed by atoms with Crippen LogP contribution in [0.4, 0.5) is 5.82 Å². The smallest absolute Gasteiger partial charge is 0.260 e. The monoisotopic (exact) mass is 589 g/mol. The van der Waals surface area contributed by atoms with Gasteiger partial charge >= 0.3 is 0 Å². The van der Waals surface area contributed by atoms with E-state index in [1.165, 1.54) is 4.52 Å². The Labute approximate surface area is 254 Å². The van der Waals surface area contributed by atoms with Gasteiger partial charge in [0.15, 0.2) is 11.5 Å². The highest BCUT2D eigenvalue weighted by molar-refractivity contribution is 6.04. The summed E-state index contributed by atoms with van der Waals surface area (Å²) in [5.41, 5.74) is 9.12. The quantitative estimate of drug-likeness (QED) is 0.308. The number of aromatic nitrogens is 6. The number of piperidine rings is 1. The van der Waals surface area contributed by atoms with Crippen molar-refractivity contribution in [2.45, 2.75) is 44.7 Å². The van der Waals surface area contributed by atoms with Crippen LogP contribution in [0, 0.1) is 17.3 Å². The minimum Gasteiger partial charge on any atom is -0.381 e. The van der Waals surface area contributed by atoms with Crippen LogP contribution >= 0.6 is 0 Å². The minimum absolute atomic E-state index is 0.0349. The first kappa shape index (κ1) is 27.9. The van der Waals surface area contributed by atoms with Gasteiger partial charge in [-0.1, -0.05) is 24.0 Å². The topological polar surface area (TPSA) is 128 Å². The summed E-state index contributed by atoms with van der Waals surface area (Å²) in [6.45, 7) is 4.05. The number of aryl methyl sites for hydroxylation is 1. The van der Waals surface area contributed by atoms with E-state index in [-0.39, 0.29) is 34.3 Å². The Kier molecular flexibility index (Phi) is 6.74. The predicted molar refractivity (Wildman–Crippen MR) is 168 cm³/mol. The second kappa shape index (κ2) is 10.6. The van der Waals surface area contributed by atoms with Gasteiger partial charge in [-0.25, -0.2) is 9.50 Å². The standard InChI is InChI=1S/C33H35N9O2/c1-21(37-31(43)28-29(34)38-41-13-5-12-35-30(28)41)26-16-24-7-4-6-23(9-8-22-19-36-40(3)20-22)27(24)32(44)42(26)25-17-33(18-25)10-14-39(2)15-11-33/h4-7,12-13,16,19-21,25H,10-11,14-15,17-18H2,1-3H3,(H2,34,38)(H,37,43)/t21-/m1/s1. The number of likely N-dealkylation sites (tertiary alicyclic amines) is 1. The molecule has 1 aromatic carbocycles. The number of amides is 1. The van der Waals surface area contributed by atoms with Crippen LogP contribution in [0.25, 0.3) is 16.4 Å². The summed E-state index contributed by atoms with van der Waals surface area (Å²) in [5, 5.41) is 12.9. The highest BCUT2D eigenvalue weighted by atomic mass is 16.2. The molecule has 1 amide bonds. The van der Waals surface area contributed by atoms with E-state index in [4.69, 9.17) is 5.73 Å². The van der Waals surface area contributed by atoms with Crippen molar-refractivity contribution in [2.24, 2.45) is 12.5 Å². The predicted octanol–water partition coefficient (Wildman–Crippen LogP) is 3.30. The molecule has 2 fully saturated rings. The van der Waals surface area contributed by atoms with Crippen LogP contribution in [0.3, 0.4) is 0 Å². The summed E-state index contributed by atoms with van der Waals surface area (Å²) in [6.07, 6.45) is 11.0. The number of anilines is 1. The molecule has 1 aliphatic carbocycles. The Morgan fingerprint density at radius 3 is 2.70 bits per heavy atom. The molecule has 5 heterocycles. The van der Waals surface area contributed by atoms with E-state index in [9.17, 15) is 9.59 Å². The third-order valence-electron chi connectivity index (χ3n) is 9.35. The first-order valence-corrected chi connectivity index (χ1v) is 15.0. The lowest BCUT2D eigenvalue weighted by atomic mass is 9.60. The van der Waals surface area contributed by atoms with Gasteiger partial charge in [-0.05, 0) is 81.7 Å². The number of pyridine rings is 1. The van der Waals surface area contributed by atoms with Gasteiger partial charge in [0.25, 0.3) is 11.5 Å². The lowest BCUT2D eigenvalue weighted by Crippen LogP contribution is -2.49. The zero-order valence-electron chi connectivity index (χ0n) is 25.1. The molecule has 4 aromatic heterocycles. The fourth-order valence-corrected chi connectivity index (χ4v) is 6.92. The molecule has 5 aromatic rings. The number of nitrogens with two attached hydrogens (primary N) is 1. The van der Waals surface area contributed by atoms with Gasteiger partial charge in [-0.3, -0.25) is 14.3 Å². The molecule has 0 unspecified atom stereocenters. The Hall–Kier alpha value is -4.95. The number of carbonyl (C=O) groups is 1. The molecular weight excluding hydrogens is 554 g/mol. The minimum atomic E-state index is -0.489. The van der Waals surface area contributed by atoms with E-state index in [2.05, 4.69) is 44.3 Å². The fourth-order valence-electron chi connectivity index (χ4n) is 6.92. The first-order valence-electron chi connectivity index (χ1n) is 15.0. The molecule has 1 atom stereocenters. The van der Waals surface area contributed by atoms with Crippen molar-refractivity contribution in [1.82, 2.24) is 39.2 Å². The van der Waals surface area contributed by atoms with Crippen LogP contribution in [0.2, 0.25) is 0 Å². The van der Waals surface area contributed by atoms with Crippen molar-refractivity contribution in [1.29, 1.82) is 0 Å². The summed E-state index contributed by atoms with van der Waals surface area (Å²) >= 11 is 0. The zero-order chi connectivity index (χ0) is 30.6. The second-order valence-corrected chi connectivity index (χ2v) is 12.4. The average molecular weight is 590 g/mol. The van der Waals surface area contributed by atoms with Gasteiger partial charge in [-0.15, -0.1) is 5.10 Å². The number of nitrogens with one attached hydrogen (secondary N) is 1. The summed E-state index contributed by atoms with van der Waals surface area (Å²) in [5.74, 6) is 6.09. The molecule has 1 saturated carbocycles. The van der Waals surface area contributed by atoms with Gasteiger partial charge in [0.1, 0.15) is 5.56 Å². The van der Waals surface area contributed by atoms with Crippen molar-refractivity contribution in [3.8, 4) is 11.8 Å². The van der Waals surface area contributed by atoms with E-state index in [1.54, 1.807) is 29.3 Å². The normalized spacial score (nSPS) is 17.3. The van der Waals surface area contributed by atoms with Crippen molar-refractivity contribution >= 4 is 28.1 Å². The number of rotatable bonds is 4. The lowest BCUT2D eigenvalue weighted by Gasteiger charge is -2.52. The lowest BCUT2D eigenvalue weighted by molar-refractivity contribution is -0.00299. The van der Waals surface area contributed by atoms with E-state index in [1.807, 2.05) is 49.0 Å². The molecule has 3 N–H and O–H groups in total. The van der Waals surface area contributed by atoms with Crippen LogP contribution in [0.15, 0.2) is 59.9 Å². The number of hydrogen-bond acceptors (Lipinski definition) is 7. The second-order valence-electron chi connectivity index (χ2n) is 12.4. The number of fused-ring (bicyclic) bond motifs is 2. The maximum Gasteiger partial charge on any atom is 0.260 e. The van der Waals surface area contributed by atoms with E-state index in [0.29, 0.717) is 16.6 Å².